The second-order valence-electron chi connectivity index (χ2n) is 6.75. The van der Waals surface area contributed by atoms with Crippen LogP contribution in [0.5, 0.6) is 0 Å². The van der Waals surface area contributed by atoms with Crippen LogP contribution in [0.1, 0.15) is 34.6 Å². The van der Waals surface area contributed by atoms with E-state index in [-0.39, 0.29) is 5.54 Å². The highest BCUT2D eigenvalue weighted by Crippen LogP contribution is 2.24. The van der Waals surface area contributed by atoms with Crippen LogP contribution in [-0.4, -0.2) is 60.6 Å². The van der Waals surface area contributed by atoms with Gasteiger partial charge in [-0.2, -0.15) is 11.8 Å². The molecule has 4 nitrogen and oxygen atoms in total. The van der Waals surface area contributed by atoms with Gasteiger partial charge in [0.15, 0.2) is 5.96 Å². The molecule has 1 heterocycles. The van der Waals surface area contributed by atoms with E-state index in [9.17, 15) is 0 Å². The van der Waals surface area contributed by atoms with Crippen molar-refractivity contribution in [2.45, 2.75) is 45.4 Å². The highest BCUT2D eigenvalue weighted by atomic mass is 32.2. The molecule has 1 fully saturated rings. The third-order valence-corrected chi connectivity index (χ3v) is 4.95. The molecule has 1 unspecified atom stereocenters. The molecule has 1 aliphatic heterocycles. The number of nitrogens with zero attached hydrogens (tertiary/aromatic N) is 2. The van der Waals surface area contributed by atoms with E-state index in [2.05, 4.69) is 66.9 Å². The Balaban J connectivity index is 2.38. The summed E-state index contributed by atoms with van der Waals surface area (Å²) < 4.78 is 0. The number of aliphatic imine (C=N–C) groups is 1. The summed E-state index contributed by atoms with van der Waals surface area (Å²) in [5, 5.41) is 7.68. The van der Waals surface area contributed by atoms with E-state index in [0.29, 0.717) is 0 Å². The Hall–Kier alpha value is -0.420. The summed E-state index contributed by atoms with van der Waals surface area (Å²) in [4.78, 5) is 6.83. The molecule has 0 spiro atoms. The summed E-state index contributed by atoms with van der Waals surface area (Å²) in [6.07, 6.45) is 0. The second-order valence-corrected chi connectivity index (χ2v) is 8.10. The molecule has 0 bridgehead atoms. The Labute approximate surface area is 129 Å². The molecular formula is C15H32N4S. The van der Waals surface area contributed by atoms with E-state index in [0.717, 1.165) is 43.3 Å². The predicted molar refractivity (Wildman–Crippen MR) is 91.8 cm³/mol. The van der Waals surface area contributed by atoms with Gasteiger partial charge in [-0.25, -0.2) is 0 Å². The molecule has 0 radical (unpaired) electrons. The zero-order valence-electron chi connectivity index (χ0n) is 14.0. The normalized spacial score (nSPS) is 21.4. The average Bonchev–Trinajstić information content (AvgIpc) is 2.37. The van der Waals surface area contributed by atoms with Crippen LogP contribution in [0.25, 0.3) is 0 Å². The van der Waals surface area contributed by atoms with Crippen molar-refractivity contribution in [3.05, 3.63) is 0 Å². The number of thioether (sulfide) groups is 1. The van der Waals surface area contributed by atoms with Gasteiger partial charge in [0, 0.05) is 49.8 Å². The third kappa shape index (κ3) is 6.35. The number of nitrogens with one attached hydrogen (secondary N) is 2. The molecule has 1 rings (SSSR count). The van der Waals surface area contributed by atoms with Gasteiger partial charge in [-0.1, -0.05) is 13.8 Å². The maximum atomic E-state index is 4.43. The molecule has 0 aromatic heterocycles. The Bertz CT molecular complexity index is 309. The SMILES string of the molecule is CN=C(NCCNC(C)(C)C)N1CCSC(C(C)C)C1. The van der Waals surface area contributed by atoms with Gasteiger partial charge < -0.3 is 15.5 Å². The van der Waals surface area contributed by atoms with Crippen LogP contribution in [0.2, 0.25) is 0 Å². The van der Waals surface area contributed by atoms with E-state index < -0.39 is 0 Å². The predicted octanol–water partition coefficient (Wildman–Crippen LogP) is 2.02. The van der Waals surface area contributed by atoms with Crippen LogP contribution in [0.3, 0.4) is 0 Å². The van der Waals surface area contributed by atoms with Gasteiger partial charge in [-0.3, -0.25) is 4.99 Å². The van der Waals surface area contributed by atoms with Crippen LogP contribution in [0.15, 0.2) is 4.99 Å². The Morgan fingerprint density at radius 1 is 1.35 bits per heavy atom. The monoisotopic (exact) mass is 300 g/mol. The molecule has 2 N–H and O–H groups in total. The number of hydrogen-bond donors (Lipinski definition) is 2. The van der Waals surface area contributed by atoms with Crippen LogP contribution < -0.4 is 10.6 Å². The molecule has 1 aliphatic rings. The molecule has 1 atom stereocenters. The van der Waals surface area contributed by atoms with Gasteiger partial charge in [-0.15, -0.1) is 0 Å². The fourth-order valence-electron chi connectivity index (χ4n) is 2.22. The molecule has 0 aromatic rings. The van der Waals surface area contributed by atoms with E-state index in [1.807, 2.05) is 7.05 Å². The van der Waals surface area contributed by atoms with E-state index >= 15 is 0 Å². The Morgan fingerprint density at radius 3 is 2.60 bits per heavy atom. The van der Waals surface area contributed by atoms with Crippen molar-refractivity contribution in [3.8, 4) is 0 Å². The maximum Gasteiger partial charge on any atom is 0.193 e. The summed E-state index contributed by atoms with van der Waals surface area (Å²) in [5.41, 5.74) is 0.176. The summed E-state index contributed by atoms with van der Waals surface area (Å²) in [7, 11) is 1.88. The lowest BCUT2D eigenvalue weighted by molar-refractivity contribution is 0.377. The van der Waals surface area contributed by atoms with Crippen LogP contribution in [0.4, 0.5) is 0 Å². The minimum absolute atomic E-state index is 0.176. The van der Waals surface area contributed by atoms with Crippen LogP contribution >= 0.6 is 11.8 Å². The molecule has 118 valence electrons. The Morgan fingerprint density at radius 2 is 2.05 bits per heavy atom. The first kappa shape index (κ1) is 17.6. The lowest BCUT2D eigenvalue weighted by Crippen LogP contribution is -2.50. The number of rotatable bonds is 4. The summed E-state index contributed by atoms with van der Waals surface area (Å²) in [5.74, 6) is 2.97. The molecule has 0 aromatic carbocycles. The first-order valence-electron chi connectivity index (χ1n) is 7.65. The summed E-state index contributed by atoms with van der Waals surface area (Å²) in [6, 6.07) is 0. The zero-order valence-corrected chi connectivity index (χ0v) is 14.8. The van der Waals surface area contributed by atoms with Crippen molar-refractivity contribution in [1.29, 1.82) is 0 Å². The number of hydrogen-bond acceptors (Lipinski definition) is 3. The molecule has 0 aliphatic carbocycles. The first-order chi connectivity index (χ1) is 9.33. The second kappa shape index (κ2) is 8.13. The summed E-state index contributed by atoms with van der Waals surface area (Å²) in [6.45, 7) is 15.3. The van der Waals surface area contributed by atoms with Crippen molar-refractivity contribution >= 4 is 17.7 Å². The maximum absolute atomic E-state index is 4.43. The highest BCUT2D eigenvalue weighted by molar-refractivity contribution is 8.00. The van der Waals surface area contributed by atoms with Crippen molar-refractivity contribution in [1.82, 2.24) is 15.5 Å². The van der Waals surface area contributed by atoms with Crippen molar-refractivity contribution in [3.63, 3.8) is 0 Å². The Kier molecular flexibility index (Phi) is 7.17. The largest absolute Gasteiger partial charge is 0.355 e. The van der Waals surface area contributed by atoms with Crippen molar-refractivity contribution in [2.24, 2.45) is 10.9 Å². The van der Waals surface area contributed by atoms with Crippen LogP contribution in [0, 0.1) is 5.92 Å². The molecular weight excluding hydrogens is 268 g/mol. The van der Waals surface area contributed by atoms with Crippen molar-refractivity contribution in [2.75, 3.05) is 39.0 Å². The highest BCUT2D eigenvalue weighted by Gasteiger charge is 2.24. The lowest BCUT2D eigenvalue weighted by atomic mass is 10.1. The zero-order chi connectivity index (χ0) is 15.2. The quantitative estimate of drug-likeness (QED) is 0.473. The van der Waals surface area contributed by atoms with Gasteiger partial charge in [0.2, 0.25) is 0 Å². The van der Waals surface area contributed by atoms with Gasteiger partial charge in [0.05, 0.1) is 0 Å². The van der Waals surface area contributed by atoms with Crippen LogP contribution in [-0.2, 0) is 0 Å². The third-order valence-electron chi connectivity index (χ3n) is 3.41. The summed E-state index contributed by atoms with van der Waals surface area (Å²) >= 11 is 2.10. The molecule has 0 saturated carbocycles. The standard InChI is InChI=1S/C15H32N4S/c1-12(2)13-11-19(9-10-20-13)14(16-6)17-7-8-18-15(3,4)5/h12-13,18H,7-11H2,1-6H3,(H,16,17). The topological polar surface area (TPSA) is 39.7 Å². The van der Waals surface area contributed by atoms with E-state index in [4.69, 9.17) is 0 Å². The molecule has 1 saturated heterocycles. The minimum atomic E-state index is 0.176. The molecule has 5 heteroatoms. The average molecular weight is 301 g/mol. The lowest BCUT2D eigenvalue weighted by Gasteiger charge is -2.36. The fraction of sp³-hybridized carbons (Fsp3) is 0.933. The van der Waals surface area contributed by atoms with Gasteiger partial charge in [0.1, 0.15) is 0 Å². The smallest absolute Gasteiger partial charge is 0.193 e. The van der Waals surface area contributed by atoms with Crippen molar-refractivity contribution < 1.29 is 0 Å². The van der Waals surface area contributed by atoms with Gasteiger partial charge >= 0.3 is 0 Å². The fourth-order valence-corrected chi connectivity index (χ4v) is 3.51. The first-order valence-corrected chi connectivity index (χ1v) is 8.70. The van der Waals surface area contributed by atoms with Gasteiger partial charge in [0.25, 0.3) is 0 Å². The van der Waals surface area contributed by atoms with E-state index in [1.165, 1.54) is 5.75 Å². The van der Waals surface area contributed by atoms with E-state index in [1.54, 1.807) is 0 Å². The molecule has 20 heavy (non-hydrogen) atoms. The molecule has 0 amide bonds. The van der Waals surface area contributed by atoms with Gasteiger partial charge in [-0.05, 0) is 26.7 Å². The minimum Gasteiger partial charge on any atom is -0.355 e. The number of guanidine groups is 1.